The summed E-state index contributed by atoms with van der Waals surface area (Å²) in [6.45, 7) is 6.44. The smallest absolute Gasteiger partial charge is 0.240 e. The van der Waals surface area contributed by atoms with E-state index in [0.29, 0.717) is 18.1 Å². The molecule has 150 valence electrons. The molecule has 1 aliphatic rings. The van der Waals surface area contributed by atoms with Gasteiger partial charge in [0, 0.05) is 13.0 Å². The maximum absolute atomic E-state index is 12.4. The van der Waals surface area contributed by atoms with Gasteiger partial charge < -0.3 is 10.3 Å². The van der Waals surface area contributed by atoms with Crippen molar-refractivity contribution < 1.29 is 12.9 Å². The van der Waals surface area contributed by atoms with Crippen LogP contribution in [0, 0.1) is 0 Å². The number of nitrogens with one attached hydrogen (secondary N) is 1. The summed E-state index contributed by atoms with van der Waals surface area (Å²) in [5, 5.41) is 3.93. The van der Waals surface area contributed by atoms with Gasteiger partial charge in [-0.2, -0.15) is 4.98 Å². The van der Waals surface area contributed by atoms with E-state index in [9.17, 15) is 8.42 Å². The molecule has 3 rings (SSSR count). The van der Waals surface area contributed by atoms with Crippen molar-refractivity contribution in [2.45, 2.75) is 62.3 Å². The van der Waals surface area contributed by atoms with Crippen LogP contribution in [0.1, 0.15) is 57.3 Å². The number of hydrogen-bond acceptors (Lipinski definition) is 6. The molecule has 2 aromatic rings. The summed E-state index contributed by atoms with van der Waals surface area (Å²) in [7, 11) is -3.57. The average molecular weight is 415 g/mol. The van der Waals surface area contributed by atoms with Crippen LogP contribution in [-0.4, -0.2) is 25.1 Å². The molecule has 27 heavy (non-hydrogen) atoms. The monoisotopic (exact) mass is 414 g/mol. The fourth-order valence-corrected chi connectivity index (χ4v) is 3.88. The minimum Gasteiger partial charge on any atom is -0.339 e. The molecule has 9 heteroatoms. The van der Waals surface area contributed by atoms with Gasteiger partial charge in [-0.15, -0.1) is 12.4 Å². The highest BCUT2D eigenvalue weighted by Crippen LogP contribution is 2.36. The summed E-state index contributed by atoms with van der Waals surface area (Å²) >= 11 is 0. The molecule has 0 amide bonds. The third-order valence-corrected chi connectivity index (χ3v) is 6.30. The Balaban J connectivity index is 0.00000261. The Hall–Kier alpha value is -1.48. The zero-order chi connectivity index (χ0) is 19.0. The highest BCUT2D eigenvalue weighted by molar-refractivity contribution is 7.89. The molecule has 1 saturated carbocycles. The normalized spacial score (nSPS) is 16.4. The molecule has 1 fully saturated rings. The van der Waals surface area contributed by atoms with E-state index < -0.39 is 15.6 Å². The maximum atomic E-state index is 12.4. The standard InChI is InChI=1S/C18H26N4O3S.ClH/c1-17(2,3)13-5-7-14(8-6-13)26(23,24)20-12-9-15-21-16(22-25-15)18(19)10-4-11-18;/h5-8,20H,4,9-12,19H2,1-3H3;1H. The second kappa shape index (κ2) is 7.87. The molecule has 0 bridgehead atoms. The van der Waals surface area contributed by atoms with Gasteiger partial charge in [-0.05, 0) is 42.4 Å². The lowest BCUT2D eigenvalue weighted by Crippen LogP contribution is -2.44. The quantitative estimate of drug-likeness (QED) is 0.751. The van der Waals surface area contributed by atoms with Gasteiger partial charge in [0.25, 0.3) is 0 Å². The van der Waals surface area contributed by atoms with Crippen LogP contribution in [0.4, 0.5) is 0 Å². The lowest BCUT2D eigenvalue weighted by molar-refractivity contribution is 0.229. The first-order valence-electron chi connectivity index (χ1n) is 8.82. The summed E-state index contributed by atoms with van der Waals surface area (Å²) in [6.07, 6.45) is 3.09. The third-order valence-electron chi connectivity index (χ3n) is 4.82. The lowest BCUT2D eigenvalue weighted by Gasteiger charge is -2.34. The van der Waals surface area contributed by atoms with Crippen molar-refractivity contribution in [2.75, 3.05) is 6.54 Å². The molecule has 0 spiro atoms. The SMILES string of the molecule is CC(C)(C)c1ccc(S(=O)(=O)NCCc2nc(C3(N)CCC3)no2)cc1.Cl. The van der Waals surface area contributed by atoms with Gasteiger partial charge in [0.2, 0.25) is 15.9 Å². The molecular formula is C18H27ClN4O3S. The van der Waals surface area contributed by atoms with Crippen molar-refractivity contribution in [3.05, 3.63) is 41.5 Å². The number of rotatable bonds is 6. The van der Waals surface area contributed by atoms with Crippen molar-refractivity contribution in [3.8, 4) is 0 Å². The molecule has 1 aromatic heterocycles. The zero-order valence-corrected chi connectivity index (χ0v) is 17.5. The minimum absolute atomic E-state index is 0. The second-order valence-corrected chi connectivity index (χ2v) is 9.71. The Labute approximate surface area is 166 Å². The van der Waals surface area contributed by atoms with Crippen molar-refractivity contribution >= 4 is 22.4 Å². The van der Waals surface area contributed by atoms with Crippen molar-refractivity contribution in [2.24, 2.45) is 5.73 Å². The first-order valence-corrected chi connectivity index (χ1v) is 10.3. The van der Waals surface area contributed by atoms with Gasteiger partial charge in [0.05, 0.1) is 10.4 Å². The summed E-state index contributed by atoms with van der Waals surface area (Å²) in [5.41, 5.74) is 6.74. The number of hydrogen-bond donors (Lipinski definition) is 2. The number of halogens is 1. The van der Waals surface area contributed by atoms with E-state index in [1.807, 2.05) is 12.1 Å². The second-order valence-electron chi connectivity index (χ2n) is 7.94. The maximum Gasteiger partial charge on any atom is 0.240 e. The van der Waals surface area contributed by atoms with Crippen LogP contribution >= 0.6 is 12.4 Å². The van der Waals surface area contributed by atoms with Crippen LogP contribution in [0.25, 0.3) is 0 Å². The van der Waals surface area contributed by atoms with E-state index in [0.717, 1.165) is 24.8 Å². The van der Waals surface area contributed by atoms with E-state index in [1.165, 1.54) is 0 Å². The van der Waals surface area contributed by atoms with E-state index in [-0.39, 0.29) is 29.3 Å². The summed E-state index contributed by atoms with van der Waals surface area (Å²) in [5.74, 6) is 0.905. The van der Waals surface area contributed by atoms with Gasteiger partial charge in [-0.3, -0.25) is 0 Å². The molecule has 1 heterocycles. The summed E-state index contributed by atoms with van der Waals surface area (Å²) in [4.78, 5) is 4.54. The Morgan fingerprint density at radius 3 is 2.37 bits per heavy atom. The molecule has 0 unspecified atom stereocenters. The fourth-order valence-electron chi connectivity index (χ4n) is 2.85. The topological polar surface area (TPSA) is 111 Å². The largest absolute Gasteiger partial charge is 0.339 e. The van der Waals surface area contributed by atoms with Gasteiger partial charge in [-0.25, -0.2) is 13.1 Å². The zero-order valence-electron chi connectivity index (χ0n) is 15.9. The van der Waals surface area contributed by atoms with E-state index in [1.54, 1.807) is 12.1 Å². The molecule has 1 aromatic carbocycles. The number of sulfonamides is 1. The first kappa shape index (κ1) is 21.8. The van der Waals surface area contributed by atoms with E-state index in [2.05, 4.69) is 35.6 Å². The van der Waals surface area contributed by atoms with Gasteiger partial charge >= 0.3 is 0 Å². The third kappa shape index (κ3) is 4.87. The van der Waals surface area contributed by atoms with Gasteiger partial charge in [0.15, 0.2) is 5.82 Å². The highest BCUT2D eigenvalue weighted by atomic mass is 35.5. The molecule has 1 aliphatic carbocycles. The highest BCUT2D eigenvalue weighted by Gasteiger charge is 2.38. The number of benzene rings is 1. The molecule has 0 radical (unpaired) electrons. The van der Waals surface area contributed by atoms with Crippen LogP contribution in [0.2, 0.25) is 0 Å². The number of aromatic nitrogens is 2. The summed E-state index contributed by atoms with van der Waals surface area (Å²) in [6, 6.07) is 6.95. The Bertz CT molecular complexity index is 869. The van der Waals surface area contributed by atoms with Crippen molar-refractivity contribution in [1.82, 2.24) is 14.9 Å². The van der Waals surface area contributed by atoms with Crippen LogP contribution < -0.4 is 10.5 Å². The molecule has 0 saturated heterocycles. The summed E-state index contributed by atoms with van der Waals surface area (Å²) < 4.78 is 32.6. The van der Waals surface area contributed by atoms with Gasteiger partial charge in [0.1, 0.15) is 0 Å². The predicted molar refractivity (Wildman–Crippen MR) is 105 cm³/mol. The average Bonchev–Trinajstić information content (AvgIpc) is 3.01. The molecule has 0 aliphatic heterocycles. The molecular weight excluding hydrogens is 388 g/mol. The molecule has 3 N–H and O–H groups in total. The number of nitrogens with zero attached hydrogens (tertiary/aromatic N) is 2. The van der Waals surface area contributed by atoms with E-state index in [4.69, 9.17) is 10.3 Å². The lowest BCUT2D eigenvalue weighted by atomic mass is 9.77. The van der Waals surface area contributed by atoms with Crippen molar-refractivity contribution in [1.29, 1.82) is 0 Å². The van der Waals surface area contributed by atoms with E-state index >= 15 is 0 Å². The van der Waals surface area contributed by atoms with Crippen LogP contribution in [0.15, 0.2) is 33.7 Å². The predicted octanol–water partition coefficient (Wildman–Crippen LogP) is 2.65. The van der Waals surface area contributed by atoms with Crippen LogP contribution in [0.5, 0.6) is 0 Å². The minimum atomic E-state index is -3.57. The Morgan fingerprint density at radius 2 is 1.85 bits per heavy atom. The van der Waals surface area contributed by atoms with Crippen LogP contribution in [0.3, 0.4) is 0 Å². The fraction of sp³-hybridized carbons (Fsp3) is 0.556. The Morgan fingerprint density at radius 1 is 1.22 bits per heavy atom. The first-order chi connectivity index (χ1) is 12.1. The Kier molecular flexibility index (Phi) is 6.36. The van der Waals surface area contributed by atoms with Crippen molar-refractivity contribution in [3.63, 3.8) is 0 Å². The van der Waals surface area contributed by atoms with Gasteiger partial charge in [-0.1, -0.05) is 38.1 Å². The van der Waals surface area contributed by atoms with Crippen LogP contribution in [-0.2, 0) is 27.4 Å². The number of nitrogens with two attached hydrogens (primary N) is 1. The molecule has 7 nitrogen and oxygen atoms in total. The molecule has 0 atom stereocenters.